The predicted molar refractivity (Wildman–Crippen MR) is 38.4 cm³/mol. The maximum absolute atomic E-state index is 4.64. The van der Waals surface area contributed by atoms with Gasteiger partial charge in [0.05, 0.1) is 13.3 Å². The van der Waals surface area contributed by atoms with Gasteiger partial charge in [-0.2, -0.15) is 5.10 Å². The van der Waals surface area contributed by atoms with Gasteiger partial charge in [0.1, 0.15) is 0 Å². The molecule has 54 valence electrons. The molecule has 4 heteroatoms. The van der Waals surface area contributed by atoms with Crippen molar-refractivity contribution in [3.63, 3.8) is 0 Å². The summed E-state index contributed by atoms with van der Waals surface area (Å²) in [7, 11) is 3.38. The second-order valence-corrected chi connectivity index (χ2v) is 1.78. The Bertz CT molecular complexity index is 229. The average molecular weight is 139 g/mol. The lowest BCUT2D eigenvalue weighted by molar-refractivity contribution is 0.422. The Morgan fingerprint density at radius 2 is 2.60 bits per heavy atom. The maximum Gasteiger partial charge on any atom is 0.175 e. The van der Waals surface area contributed by atoms with E-state index in [-0.39, 0.29) is 0 Å². The first-order chi connectivity index (χ1) is 4.84. The van der Waals surface area contributed by atoms with Crippen LogP contribution >= 0.6 is 0 Å². The highest BCUT2D eigenvalue weighted by Gasteiger charge is 1.90. The van der Waals surface area contributed by atoms with E-state index in [9.17, 15) is 0 Å². The zero-order valence-corrected chi connectivity index (χ0v) is 5.98. The van der Waals surface area contributed by atoms with Crippen LogP contribution in [-0.2, 0) is 11.8 Å². The maximum atomic E-state index is 4.64. The minimum atomic E-state index is 0.779. The number of ether oxygens (including phenoxy) is 1. The molecule has 0 bridgehead atoms. The number of methoxy groups -OCH3 is 1. The van der Waals surface area contributed by atoms with Gasteiger partial charge >= 0.3 is 0 Å². The molecule has 0 aromatic carbocycles. The smallest absolute Gasteiger partial charge is 0.175 e. The van der Waals surface area contributed by atoms with Gasteiger partial charge in [0.25, 0.3) is 0 Å². The Morgan fingerprint density at radius 1 is 1.80 bits per heavy atom. The lowest BCUT2D eigenvalue weighted by atomic mass is 10.6. The molecule has 0 aliphatic carbocycles. The summed E-state index contributed by atoms with van der Waals surface area (Å²) in [6, 6.07) is 1.80. The van der Waals surface area contributed by atoms with Gasteiger partial charge in [-0.25, -0.2) is 4.99 Å². The van der Waals surface area contributed by atoms with Crippen molar-refractivity contribution in [1.29, 1.82) is 0 Å². The largest absolute Gasteiger partial charge is 0.486 e. The van der Waals surface area contributed by atoms with Crippen LogP contribution in [0.3, 0.4) is 0 Å². The van der Waals surface area contributed by atoms with Crippen molar-refractivity contribution >= 4 is 12.2 Å². The Kier molecular flexibility index (Phi) is 2.04. The van der Waals surface area contributed by atoms with Crippen molar-refractivity contribution in [2.75, 3.05) is 7.11 Å². The lowest BCUT2D eigenvalue weighted by Gasteiger charge is -1.91. The second kappa shape index (κ2) is 3.00. The van der Waals surface area contributed by atoms with Gasteiger partial charge in [-0.3, -0.25) is 4.68 Å². The molecule has 0 N–H and O–H groups in total. The highest BCUT2D eigenvalue weighted by Crippen LogP contribution is 2.06. The Labute approximate surface area is 59.1 Å². The standard InChI is InChI=1S/C6H9N3O/c1-9-6(3-4-8-9)7-5-10-2/h3-5H,1-2H3/b7-5+. The van der Waals surface area contributed by atoms with Gasteiger partial charge in [0.2, 0.25) is 0 Å². The minimum Gasteiger partial charge on any atom is -0.486 e. The van der Waals surface area contributed by atoms with E-state index in [2.05, 4.69) is 14.8 Å². The Hall–Kier alpha value is -1.32. The monoisotopic (exact) mass is 139 g/mol. The molecule has 0 aliphatic rings. The SMILES string of the molecule is CO/C=N/c1ccnn1C. The molecule has 0 aliphatic heterocycles. The summed E-state index contributed by atoms with van der Waals surface area (Å²) in [5.74, 6) is 0.779. The third kappa shape index (κ3) is 1.34. The number of aryl methyl sites for hydroxylation is 1. The molecule has 1 rings (SSSR count). The lowest BCUT2D eigenvalue weighted by Crippen LogP contribution is -1.88. The molecule has 1 aromatic heterocycles. The zero-order chi connectivity index (χ0) is 7.40. The van der Waals surface area contributed by atoms with Crippen molar-refractivity contribution in [1.82, 2.24) is 9.78 Å². The van der Waals surface area contributed by atoms with E-state index in [0.29, 0.717) is 0 Å². The van der Waals surface area contributed by atoms with E-state index in [4.69, 9.17) is 0 Å². The van der Waals surface area contributed by atoms with Crippen molar-refractivity contribution < 1.29 is 4.74 Å². The fourth-order valence-electron chi connectivity index (χ4n) is 0.600. The van der Waals surface area contributed by atoms with Crippen molar-refractivity contribution in [2.24, 2.45) is 12.0 Å². The van der Waals surface area contributed by atoms with Crippen LogP contribution in [0.2, 0.25) is 0 Å². The first-order valence-corrected chi connectivity index (χ1v) is 2.88. The van der Waals surface area contributed by atoms with Crippen LogP contribution in [0.25, 0.3) is 0 Å². The van der Waals surface area contributed by atoms with Crippen LogP contribution in [0.4, 0.5) is 5.82 Å². The molecular formula is C6H9N3O. The molecule has 0 saturated carbocycles. The topological polar surface area (TPSA) is 39.4 Å². The fourth-order valence-corrected chi connectivity index (χ4v) is 0.600. The summed E-state index contributed by atoms with van der Waals surface area (Å²) in [4.78, 5) is 3.94. The third-order valence-electron chi connectivity index (χ3n) is 1.09. The van der Waals surface area contributed by atoms with Crippen molar-refractivity contribution in [2.45, 2.75) is 0 Å². The first-order valence-electron chi connectivity index (χ1n) is 2.88. The molecule has 0 spiro atoms. The number of aliphatic imine (C=N–C) groups is 1. The number of hydrogen-bond donors (Lipinski definition) is 0. The van der Waals surface area contributed by atoms with Gasteiger partial charge in [0.15, 0.2) is 12.2 Å². The summed E-state index contributed by atoms with van der Waals surface area (Å²) < 4.78 is 6.30. The van der Waals surface area contributed by atoms with Crippen molar-refractivity contribution in [3.05, 3.63) is 12.3 Å². The molecule has 4 nitrogen and oxygen atoms in total. The van der Waals surface area contributed by atoms with Crippen LogP contribution < -0.4 is 0 Å². The first kappa shape index (κ1) is 6.80. The van der Waals surface area contributed by atoms with Crippen LogP contribution in [0, 0.1) is 0 Å². The number of hydrogen-bond acceptors (Lipinski definition) is 3. The Balaban J connectivity index is 2.74. The molecule has 0 radical (unpaired) electrons. The summed E-state index contributed by atoms with van der Waals surface area (Å²) in [6.07, 6.45) is 3.05. The summed E-state index contributed by atoms with van der Waals surface area (Å²) >= 11 is 0. The van der Waals surface area contributed by atoms with E-state index < -0.39 is 0 Å². The quantitative estimate of drug-likeness (QED) is 0.447. The Morgan fingerprint density at radius 3 is 3.10 bits per heavy atom. The predicted octanol–water partition coefficient (Wildman–Crippen LogP) is 0.726. The molecule has 0 unspecified atom stereocenters. The summed E-state index contributed by atoms with van der Waals surface area (Å²) in [6.45, 7) is 0. The van der Waals surface area contributed by atoms with Gasteiger partial charge in [-0.1, -0.05) is 0 Å². The van der Waals surface area contributed by atoms with Gasteiger partial charge in [-0.05, 0) is 0 Å². The number of aromatic nitrogens is 2. The molecular weight excluding hydrogens is 130 g/mol. The van der Waals surface area contributed by atoms with E-state index in [0.717, 1.165) is 5.82 Å². The second-order valence-electron chi connectivity index (χ2n) is 1.78. The van der Waals surface area contributed by atoms with E-state index in [1.807, 2.05) is 7.05 Å². The number of rotatable bonds is 2. The van der Waals surface area contributed by atoms with E-state index in [1.54, 1.807) is 24.1 Å². The molecule has 10 heavy (non-hydrogen) atoms. The molecule has 0 saturated heterocycles. The number of nitrogens with zero attached hydrogens (tertiary/aromatic N) is 3. The molecule has 1 heterocycles. The van der Waals surface area contributed by atoms with Crippen LogP contribution in [0.5, 0.6) is 0 Å². The van der Waals surface area contributed by atoms with Gasteiger partial charge < -0.3 is 4.74 Å². The van der Waals surface area contributed by atoms with E-state index in [1.165, 1.54) is 6.40 Å². The molecule has 0 fully saturated rings. The van der Waals surface area contributed by atoms with Gasteiger partial charge in [-0.15, -0.1) is 0 Å². The molecule has 0 atom stereocenters. The highest BCUT2D eigenvalue weighted by atomic mass is 16.5. The fraction of sp³-hybridized carbons (Fsp3) is 0.333. The molecule has 1 aromatic rings. The van der Waals surface area contributed by atoms with Crippen LogP contribution in [0.15, 0.2) is 17.3 Å². The average Bonchev–Trinajstić information content (AvgIpc) is 2.31. The zero-order valence-electron chi connectivity index (χ0n) is 5.98. The van der Waals surface area contributed by atoms with Gasteiger partial charge in [0, 0.05) is 13.1 Å². The highest BCUT2D eigenvalue weighted by molar-refractivity contribution is 5.52. The van der Waals surface area contributed by atoms with Crippen molar-refractivity contribution in [3.8, 4) is 0 Å². The molecule has 0 amide bonds. The summed E-state index contributed by atoms with van der Waals surface area (Å²) in [5.41, 5.74) is 0. The van der Waals surface area contributed by atoms with Crippen LogP contribution in [-0.4, -0.2) is 23.3 Å². The van der Waals surface area contributed by atoms with E-state index >= 15 is 0 Å². The normalized spacial score (nSPS) is 10.6. The third-order valence-corrected chi connectivity index (χ3v) is 1.09. The summed E-state index contributed by atoms with van der Waals surface area (Å²) in [5, 5.41) is 3.92. The van der Waals surface area contributed by atoms with Crippen LogP contribution in [0.1, 0.15) is 0 Å². The minimum absolute atomic E-state index is 0.779.